The van der Waals surface area contributed by atoms with Crippen LogP contribution in [0.5, 0.6) is 5.75 Å². The largest absolute Gasteiger partial charge is 0.495 e. The Hall–Kier alpha value is -0.940. The van der Waals surface area contributed by atoms with E-state index >= 15 is 0 Å². The zero-order chi connectivity index (χ0) is 10.2. The molecule has 0 aromatic heterocycles. The normalized spacial score (nSPS) is 17.2. The van der Waals surface area contributed by atoms with E-state index in [1.165, 1.54) is 0 Å². The molecule has 0 aliphatic heterocycles. The molecule has 14 heavy (non-hydrogen) atoms. The van der Waals surface area contributed by atoms with Gasteiger partial charge >= 0.3 is 0 Å². The summed E-state index contributed by atoms with van der Waals surface area (Å²) in [4.78, 5) is 0. The van der Waals surface area contributed by atoms with E-state index in [1.807, 2.05) is 12.1 Å². The number of benzene rings is 1. The summed E-state index contributed by atoms with van der Waals surface area (Å²) in [6, 6.07) is 6.02. The second-order valence-electron chi connectivity index (χ2n) is 3.55. The molecule has 72 valence electrons. The lowest BCUT2D eigenvalue weighted by Crippen LogP contribution is -2.05. The van der Waals surface area contributed by atoms with Gasteiger partial charge in [0.05, 0.1) is 17.0 Å². The molecule has 1 aliphatic carbocycles. The highest BCUT2D eigenvalue weighted by atomic mass is 79.9. The first-order chi connectivity index (χ1) is 6.73. The van der Waals surface area contributed by atoms with Crippen LogP contribution < -0.4 is 4.74 Å². The number of terminal acetylenes is 1. The highest BCUT2D eigenvalue weighted by Gasteiger charge is 2.44. The Labute approximate surface area is 92.6 Å². The Balaban J connectivity index is 2.54. The van der Waals surface area contributed by atoms with Crippen molar-refractivity contribution in [2.75, 3.05) is 7.11 Å². The van der Waals surface area contributed by atoms with E-state index in [0.717, 1.165) is 28.6 Å². The monoisotopic (exact) mass is 250 g/mol. The maximum absolute atomic E-state index is 5.55. The molecule has 1 nitrogen and oxygen atoms in total. The molecule has 0 bridgehead atoms. The quantitative estimate of drug-likeness (QED) is 0.734. The van der Waals surface area contributed by atoms with Crippen molar-refractivity contribution in [3.8, 4) is 18.1 Å². The van der Waals surface area contributed by atoms with E-state index in [1.54, 1.807) is 7.11 Å². The fourth-order valence-electron chi connectivity index (χ4n) is 1.71. The van der Waals surface area contributed by atoms with Gasteiger partial charge in [0.25, 0.3) is 0 Å². The molecule has 0 amide bonds. The molecule has 1 aromatic carbocycles. The lowest BCUT2D eigenvalue weighted by Gasteiger charge is -2.14. The predicted octanol–water partition coefficient (Wildman–Crippen LogP) is 3.12. The SMILES string of the molecule is C#CC1(c2cccc(Br)c2OC)CC1. The minimum atomic E-state index is -0.0604. The third-order valence-electron chi connectivity index (χ3n) is 2.71. The first-order valence-corrected chi connectivity index (χ1v) is 5.33. The van der Waals surface area contributed by atoms with Crippen molar-refractivity contribution in [1.82, 2.24) is 0 Å². The predicted molar refractivity (Wildman–Crippen MR) is 60.4 cm³/mol. The van der Waals surface area contributed by atoms with Gasteiger partial charge in [-0.15, -0.1) is 6.42 Å². The van der Waals surface area contributed by atoms with Gasteiger partial charge in [0, 0.05) is 5.56 Å². The molecule has 0 spiro atoms. The van der Waals surface area contributed by atoms with Gasteiger partial charge in [0.2, 0.25) is 0 Å². The van der Waals surface area contributed by atoms with Gasteiger partial charge in [-0.1, -0.05) is 18.1 Å². The van der Waals surface area contributed by atoms with E-state index in [0.29, 0.717) is 0 Å². The van der Waals surface area contributed by atoms with Crippen molar-refractivity contribution in [3.63, 3.8) is 0 Å². The molecule has 0 atom stereocenters. The van der Waals surface area contributed by atoms with Crippen molar-refractivity contribution in [1.29, 1.82) is 0 Å². The molecular formula is C12H11BrO. The lowest BCUT2D eigenvalue weighted by molar-refractivity contribution is 0.405. The van der Waals surface area contributed by atoms with Crippen LogP contribution in [0.1, 0.15) is 18.4 Å². The molecule has 2 rings (SSSR count). The Bertz CT molecular complexity index is 399. The average molecular weight is 251 g/mol. The topological polar surface area (TPSA) is 9.23 Å². The summed E-state index contributed by atoms with van der Waals surface area (Å²) in [7, 11) is 1.68. The molecule has 1 saturated carbocycles. The molecular weight excluding hydrogens is 240 g/mol. The van der Waals surface area contributed by atoms with Gasteiger partial charge in [-0.2, -0.15) is 0 Å². The number of methoxy groups -OCH3 is 1. The number of hydrogen-bond acceptors (Lipinski definition) is 1. The van der Waals surface area contributed by atoms with Crippen LogP contribution in [0, 0.1) is 12.3 Å². The summed E-state index contributed by atoms with van der Waals surface area (Å²) in [6.07, 6.45) is 7.69. The van der Waals surface area contributed by atoms with Gasteiger partial charge in [-0.3, -0.25) is 0 Å². The van der Waals surface area contributed by atoms with Crippen molar-refractivity contribution in [3.05, 3.63) is 28.2 Å². The summed E-state index contributed by atoms with van der Waals surface area (Å²) < 4.78 is 6.33. The Morgan fingerprint density at radius 3 is 2.71 bits per heavy atom. The first kappa shape index (κ1) is 9.61. The van der Waals surface area contributed by atoms with Gasteiger partial charge in [-0.05, 0) is 34.8 Å². The molecule has 0 unspecified atom stereocenters. The van der Waals surface area contributed by atoms with Crippen LogP contribution in [-0.4, -0.2) is 7.11 Å². The highest BCUT2D eigenvalue weighted by Crippen LogP contribution is 2.51. The molecule has 2 heteroatoms. The van der Waals surface area contributed by atoms with E-state index in [2.05, 4.69) is 27.9 Å². The summed E-state index contributed by atoms with van der Waals surface area (Å²) in [5, 5.41) is 0. The number of hydrogen-bond donors (Lipinski definition) is 0. The standard InChI is InChI=1S/C12H11BrO/c1-3-12(7-8-12)9-5-4-6-10(13)11(9)14-2/h1,4-6H,7-8H2,2H3. The van der Waals surface area contributed by atoms with Crippen LogP contribution in [-0.2, 0) is 5.41 Å². The van der Waals surface area contributed by atoms with E-state index in [-0.39, 0.29) is 5.41 Å². The average Bonchev–Trinajstić information content (AvgIpc) is 2.98. The second kappa shape index (κ2) is 3.33. The third kappa shape index (κ3) is 1.33. The summed E-state index contributed by atoms with van der Waals surface area (Å²) in [5.41, 5.74) is 1.08. The first-order valence-electron chi connectivity index (χ1n) is 4.54. The molecule has 0 heterocycles. The zero-order valence-electron chi connectivity index (χ0n) is 8.01. The third-order valence-corrected chi connectivity index (χ3v) is 3.34. The fraction of sp³-hybridized carbons (Fsp3) is 0.333. The smallest absolute Gasteiger partial charge is 0.137 e. The van der Waals surface area contributed by atoms with Crippen molar-refractivity contribution in [2.45, 2.75) is 18.3 Å². The summed E-state index contributed by atoms with van der Waals surface area (Å²) >= 11 is 3.46. The zero-order valence-corrected chi connectivity index (χ0v) is 9.60. The molecule has 0 saturated heterocycles. The van der Waals surface area contributed by atoms with Crippen molar-refractivity contribution >= 4 is 15.9 Å². The lowest BCUT2D eigenvalue weighted by atomic mass is 9.96. The minimum absolute atomic E-state index is 0.0604. The number of halogens is 1. The molecule has 1 aromatic rings. The van der Waals surface area contributed by atoms with Crippen LogP contribution in [0.3, 0.4) is 0 Å². The van der Waals surface area contributed by atoms with Crippen LogP contribution in [0.25, 0.3) is 0 Å². The van der Waals surface area contributed by atoms with Crippen molar-refractivity contribution < 1.29 is 4.74 Å². The number of ether oxygens (including phenoxy) is 1. The summed E-state index contributed by atoms with van der Waals surface area (Å²) in [5.74, 6) is 3.75. The Kier molecular flexibility index (Phi) is 2.28. The Morgan fingerprint density at radius 2 is 2.21 bits per heavy atom. The highest BCUT2D eigenvalue weighted by molar-refractivity contribution is 9.10. The molecule has 1 aliphatic rings. The number of para-hydroxylation sites is 1. The maximum atomic E-state index is 5.55. The van der Waals surface area contributed by atoms with E-state index in [4.69, 9.17) is 11.2 Å². The van der Waals surface area contributed by atoms with E-state index < -0.39 is 0 Å². The van der Waals surface area contributed by atoms with Crippen LogP contribution >= 0.6 is 15.9 Å². The molecule has 0 radical (unpaired) electrons. The number of rotatable bonds is 2. The van der Waals surface area contributed by atoms with Crippen LogP contribution in [0.4, 0.5) is 0 Å². The Morgan fingerprint density at radius 1 is 1.50 bits per heavy atom. The van der Waals surface area contributed by atoms with Gasteiger partial charge in [0.1, 0.15) is 5.75 Å². The van der Waals surface area contributed by atoms with Gasteiger partial charge in [-0.25, -0.2) is 0 Å². The maximum Gasteiger partial charge on any atom is 0.137 e. The van der Waals surface area contributed by atoms with Crippen LogP contribution in [0.15, 0.2) is 22.7 Å². The minimum Gasteiger partial charge on any atom is -0.495 e. The molecule has 1 fully saturated rings. The molecule has 0 N–H and O–H groups in total. The van der Waals surface area contributed by atoms with E-state index in [9.17, 15) is 0 Å². The van der Waals surface area contributed by atoms with Gasteiger partial charge in [0.15, 0.2) is 0 Å². The summed E-state index contributed by atoms with van der Waals surface area (Å²) in [6.45, 7) is 0. The van der Waals surface area contributed by atoms with Crippen LogP contribution in [0.2, 0.25) is 0 Å². The van der Waals surface area contributed by atoms with Gasteiger partial charge < -0.3 is 4.74 Å². The second-order valence-corrected chi connectivity index (χ2v) is 4.40. The fourth-order valence-corrected chi connectivity index (χ4v) is 2.24. The van der Waals surface area contributed by atoms with Crippen molar-refractivity contribution in [2.24, 2.45) is 0 Å².